The number of sulfone groups is 1. The summed E-state index contributed by atoms with van der Waals surface area (Å²) in [6.07, 6.45) is 1.18. The van der Waals surface area contributed by atoms with Crippen LogP contribution in [0.3, 0.4) is 0 Å². The van der Waals surface area contributed by atoms with Gasteiger partial charge in [0.15, 0.2) is 9.84 Å². The second kappa shape index (κ2) is 5.60. The molecule has 0 saturated carbocycles. The van der Waals surface area contributed by atoms with E-state index in [9.17, 15) is 8.42 Å². The molecule has 0 spiro atoms. The molecule has 1 unspecified atom stereocenters. The fraction of sp³-hybridized carbons (Fsp3) is 0.167. The number of nitrogens with one attached hydrogen (secondary N) is 1. The van der Waals surface area contributed by atoms with Crippen LogP contribution in [-0.2, 0) is 9.84 Å². The number of nitrogens with two attached hydrogens (primary N) is 1. The Morgan fingerprint density at radius 1 is 1.21 bits per heavy atom. The van der Waals surface area contributed by atoms with Crippen molar-refractivity contribution in [2.75, 3.05) is 6.26 Å². The zero-order valence-corrected chi connectivity index (χ0v) is 12.5. The summed E-state index contributed by atoms with van der Waals surface area (Å²) in [5, 5.41) is 0. The highest BCUT2D eigenvalue weighted by Crippen LogP contribution is 2.30. The number of hydrogen-bond acceptors (Lipinski definition) is 5. The van der Waals surface area contributed by atoms with Crippen molar-refractivity contribution in [1.82, 2.24) is 5.43 Å². The summed E-state index contributed by atoms with van der Waals surface area (Å²) in [5.41, 5.74) is 3.59. The Bertz CT molecular complexity index is 665. The normalized spacial score (nSPS) is 13.4. The van der Waals surface area contributed by atoms with Gasteiger partial charge in [-0.1, -0.05) is 23.7 Å². The Morgan fingerprint density at radius 3 is 2.26 bits per heavy atom. The van der Waals surface area contributed by atoms with Gasteiger partial charge in [0.25, 0.3) is 0 Å². The van der Waals surface area contributed by atoms with E-state index in [0.717, 1.165) is 10.4 Å². The van der Waals surface area contributed by atoms with E-state index >= 15 is 0 Å². The van der Waals surface area contributed by atoms with Gasteiger partial charge in [-0.05, 0) is 29.8 Å². The van der Waals surface area contributed by atoms with Crippen LogP contribution in [-0.4, -0.2) is 14.7 Å². The predicted octanol–water partition coefficient (Wildman–Crippen LogP) is 2.36. The van der Waals surface area contributed by atoms with E-state index in [2.05, 4.69) is 5.43 Å². The van der Waals surface area contributed by atoms with Crippen LogP contribution < -0.4 is 11.3 Å². The van der Waals surface area contributed by atoms with Crippen molar-refractivity contribution in [3.63, 3.8) is 0 Å². The van der Waals surface area contributed by atoms with E-state index in [1.165, 1.54) is 17.6 Å². The molecule has 0 radical (unpaired) electrons. The first-order valence-corrected chi connectivity index (χ1v) is 8.52. The lowest BCUT2D eigenvalue weighted by molar-refractivity contribution is 0.601. The van der Waals surface area contributed by atoms with Crippen molar-refractivity contribution in [2.45, 2.75) is 10.9 Å². The minimum Gasteiger partial charge on any atom is -0.271 e. The second-order valence-corrected chi connectivity index (χ2v) is 7.85. The molecule has 3 N–H and O–H groups in total. The van der Waals surface area contributed by atoms with Gasteiger partial charge in [0.05, 0.1) is 15.3 Å². The molecule has 0 saturated heterocycles. The van der Waals surface area contributed by atoms with Crippen LogP contribution in [0.5, 0.6) is 0 Å². The van der Waals surface area contributed by atoms with Crippen LogP contribution >= 0.6 is 22.9 Å². The first-order valence-electron chi connectivity index (χ1n) is 5.43. The van der Waals surface area contributed by atoms with Crippen molar-refractivity contribution in [3.8, 4) is 0 Å². The summed E-state index contributed by atoms with van der Waals surface area (Å²) in [7, 11) is -3.18. The molecule has 0 amide bonds. The lowest BCUT2D eigenvalue weighted by Gasteiger charge is -2.14. The van der Waals surface area contributed by atoms with Gasteiger partial charge in [0.1, 0.15) is 0 Å². The molecule has 7 heteroatoms. The Morgan fingerprint density at radius 2 is 1.84 bits per heavy atom. The van der Waals surface area contributed by atoms with Crippen LogP contribution in [0.25, 0.3) is 0 Å². The fourth-order valence-corrected chi connectivity index (χ4v) is 3.51. The molecule has 2 aromatic rings. The molecule has 19 heavy (non-hydrogen) atoms. The minimum absolute atomic E-state index is 0.203. The molecule has 0 aliphatic heterocycles. The molecular weight excluding hydrogens is 304 g/mol. The van der Waals surface area contributed by atoms with Crippen molar-refractivity contribution in [1.29, 1.82) is 0 Å². The van der Waals surface area contributed by atoms with Gasteiger partial charge in [-0.25, -0.2) is 13.8 Å². The molecular formula is C12H13ClN2O2S2. The molecule has 1 aromatic heterocycles. The molecule has 0 fully saturated rings. The maximum Gasteiger partial charge on any atom is 0.175 e. The van der Waals surface area contributed by atoms with Crippen LogP contribution in [0.1, 0.15) is 16.5 Å². The first-order chi connectivity index (χ1) is 8.91. The third kappa shape index (κ3) is 3.34. The maximum absolute atomic E-state index is 11.4. The summed E-state index contributed by atoms with van der Waals surface area (Å²) < 4.78 is 23.5. The Kier molecular flexibility index (Phi) is 4.27. The van der Waals surface area contributed by atoms with Crippen molar-refractivity contribution in [3.05, 3.63) is 51.2 Å². The first kappa shape index (κ1) is 14.5. The predicted molar refractivity (Wildman–Crippen MR) is 78.0 cm³/mol. The van der Waals surface area contributed by atoms with Gasteiger partial charge in [0, 0.05) is 11.1 Å². The van der Waals surface area contributed by atoms with Gasteiger partial charge in [-0.15, -0.1) is 11.3 Å². The standard InChI is InChI=1S/C12H13ClN2O2S2/c1-19(16,17)9-4-2-8(3-5-9)12(15-14)10-6-7-11(13)18-10/h2-7,12,15H,14H2,1H3. The average Bonchev–Trinajstić information content (AvgIpc) is 2.76. The summed E-state index contributed by atoms with van der Waals surface area (Å²) in [4.78, 5) is 1.26. The fourth-order valence-electron chi connectivity index (χ4n) is 1.73. The van der Waals surface area contributed by atoms with E-state index < -0.39 is 9.84 Å². The molecule has 1 heterocycles. The van der Waals surface area contributed by atoms with Crippen LogP contribution in [0.4, 0.5) is 0 Å². The SMILES string of the molecule is CS(=O)(=O)c1ccc(C(NN)c2ccc(Cl)s2)cc1. The van der Waals surface area contributed by atoms with Gasteiger partial charge < -0.3 is 0 Å². The highest BCUT2D eigenvalue weighted by atomic mass is 35.5. The largest absolute Gasteiger partial charge is 0.271 e. The zero-order valence-electron chi connectivity index (χ0n) is 10.1. The van der Waals surface area contributed by atoms with Gasteiger partial charge in [-0.2, -0.15) is 0 Å². The number of benzene rings is 1. The van der Waals surface area contributed by atoms with E-state index in [0.29, 0.717) is 4.34 Å². The smallest absolute Gasteiger partial charge is 0.175 e. The Labute approximate surface area is 121 Å². The number of thiophene rings is 1. The molecule has 0 aliphatic carbocycles. The number of hydrazine groups is 1. The van der Waals surface area contributed by atoms with Crippen LogP contribution in [0.2, 0.25) is 4.34 Å². The highest BCUT2D eigenvalue weighted by Gasteiger charge is 2.15. The van der Waals surface area contributed by atoms with Crippen LogP contribution in [0.15, 0.2) is 41.3 Å². The summed E-state index contributed by atoms with van der Waals surface area (Å²) in [5.74, 6) is 5.57. The summed E-state index contributed by atoms with van der Waals surface area (Å²) in [6.45, 7) is 0. The number of rotatable bonds is 4. The molecule has 1 aromatic carbocycles. The van der Waals surface area contributed by atoms with Crippen molar-refractivity contribution >= 4 is 32.8 Å². The third-order valence-corrected chi connectivity index (χ3v) is 5.11. The maximum atomic E-state index is 11.4. The number of halogens is 1. The Balaban J connectivity index is 2.35. The van der Waals surface area contributed by atoms with Crippen molar-refractivity contribution < 1.29 is 8.42 Å². The molecule has 102 valence electrons. The monoisotopic (exact) mass is 316 g/mol. The van der Waals surface area contributed by atoms with Gasteiger partial charge >= 0.3 is 0 Å². The minimum atomic E-state index is -3.18. The average molecular weight is 317 g/mol. The molecule has 0 bridgehead atoms. The van der Waals surface area contributed by atoms with Gasteiger partial charge in [-0.3, -0.25) is 5.84 Å². The van der Waals surface area contributed by atoms with E-state index in [1.807, 2.05) is 6.07 Å². The third-order valence-electron chi connectivity index (χ3n) is 2.69. The summed E-state index contributed by atoms with van der Waals surface area (Å²) in [6, 6.07) is 10.1. The highest BCUT2D eigenvalue weighted by molar-refractivity contribution is 7.90. The van der Waals surface area contributed by atoms with Gasteiger partial charge in [0.2, 0.25) is 0 Å². The van der Waals surface area contributed by atoms with E-state index in [1.54, 1.807) is 30.3 Å². The quantitative estimate of drug-likeness (QED) is 0.671. The zero-order chi connectivity index (χ0) is 14.0. The lowest BCUT2D eigenvalue weighted by atomic mass is 10.1. The number of hydrogen-bond donors (Lipinski definition) is 2. The summed E-state index contributed by atoms with van der Waals surface area (Å²) >= 11 is 7.33. The van der Waals surface area contributed by atoms with Crippen LogP contribution in [0, 0.1) is 0 Å². The molecule has 0 aliphatic rings. The second-order valence-electron chi connectivity index (χ2n) is 4.08. The topological polar surface area (TPSA) is 72.2 Å². The lowest BCUT2D eigenvalue weighted by Crippen LogP contribution is -2.28. The molecule has 2 rings (SSSR count). The van der Waals surface area contributed by atoms with Crippen molar-refractivity contribution in [2.24, 2.45) is 5.84 Å². The van der Waals surface area contributed by atoms with E-state index in [4.69, 9.17) is 17.4 Å². The molecule has 1 atom stereocenters. The Hall–Kier alpha value is -0.920. The molecule has 4 nitrogen and oxygen atoms in total. The van der Waals surface area contributed by atoms with E-state index in [-0.39, 0.29) is 10.9 Å².